The van der Waals surface area contributed by atoms with Crippen molar-refractivity contribution in [2.75, 3.05) is 6.61 Å². The third-order valence-corrected chi connectivity index (χ3v) is 4.22. The normalized spacial score (nSPS) is 31.9. The minimum atomic E-state index is -0.998. The molecule has 0 bridgehead atoms. The summed E-state index contributed by atoms with van der Waals surface area (Å²) in [7, 11) is 0. The highest BCUT2D eigenvalue weighted by molar-refractivity contribution is 4.95. The monoisotopic (exact) mass is 228 g/mol. The van der Waals surface area contributed by atoms with Crippen LogP contribution in [0.5, 0.6) is 0 Å². The zero-order chi connectivity index (χ0) is 11.8. The van der Waals surface area contributed by atoms with Gasteiger partial charge in [-0.15, -0.1) is 0 Å². The van der Waals surface area contributed by atoms with Gasteiger partial charge >= 0.3 is 0 Å². The second-order valence-corrected chi connectivity index (χ2v) is 6.09. The molecule has 2 aliphatic rings. The fraction of sp³-hybridized carbons (Fsp3) is 1.00. The van der Waals surface area contributed by atoms with Crippen LogP contribution in [-0.2, 0) is 4.74 Å². The van der Waals surface area contributed by atoms with Gasteiger partial charge in [0.15, 0.2) is 0 Å². The summed E-state index contributed by atoms with van der Waals surface area (Å²) in [6, 6.07) is 0. The molecule has 1 saturated carbocycles. The van der Waals surface area contributed by atoms with E-state index >= 15 is 0 Å². The van der Waals surface area contributed by atoms with Crippen molar-refractivity contribution in [1.82, 2.24) is 0 Å². The lowest BCUT2D eigenvalue weighted by Gasteiger charge is -2.42. The SMILES string of the molecule is CC(C)(O)C(O)C1CCOC2(CCCC2)C1. The van der Waals surface area contributed by atoms with Gasteiger partial charge in [-0.1, -0.05) is 12.8 Å². The second kappa shape index (κ2) is 4.28. The molecule has 0 aromatic rings. The molecule has 1 saturated heterocycles. The Morgan fingerprint density at radius 3 is 2.50 bits per heavy atom. The molecule has 0 aromatic heterocycles. The Morgan fingerprint density at radius 2 is 1.94 bits per heavy atom. The zero-order valence-corrected chi connectivity index (χ0v) is 10.4. The minimum absolute atomic E-state index is 0.0230. The first-order valence-corrected chi connectivity index (χ1v) is 6.47. The number of rotatable bonds is 2. The predicted octanol–water partition coefficient (Wildman–Crippen LogP) is 1.86. The third kappa shape index (κ3) is 2.41. The Morgan fingerprint density at radius 1 is 1.31 bits per heavy atom. The Balaban J connectivity index is 2.01. The molecule has 2 atom stereocenters. The van der Waals surface area contributed by atoms with Crippen molar-refractivity contribution in [3.63, 3.8) is 0 Å². The van der Waals surface area contributed by atoms with Crippen LogP contribution >= 0.6 is 0 Å². The minimum Gasteiger partial charge on any atom is -0.390 e. The van der Waals surface area contributed by atoms with Crippen LogP contribution in [0.15, 0.2) is 0 Å². The Labute approximate surface area is 97.8 Å². The molecule has 3 nitrogen and oxygen atoms in total. The number of hydrogen-bond acceptors (Lipinski definition) is 3. The van der Waals surface area contributed by atoms with E-state index in [2.05, 4.69) is 0 Å². The van der Waals surface area contributed by atoms with E-state index in [1.54, 1.807) is 13.8 Å². The smallest absolute Gasteiger partial charge is 0.0852 e. The maximum Gasteiger partial charge on any atom is 0.0852 e. The van der Waals surface area contributed by atoms with Gasteiger partial charge in [0, 0.05) is 6.61 Å². The molecule has 16 heavy (non-hydrogen) atoms. The van der Waals surface area contributed by atoms with E-state index in [1.807, 2.05) is 0 Å². The average Bonchev–Trinajstić information content (AvgIpc) is 2.64. The number of aliphatic hydroxyl groups excluding tert-OH is 1. The Hall–Kier alpha value is -0.120. The van der Waals surface area contributed by atoms with Crippen LogP contribution in [0, 0.1) is 5.92 Å². The summed E-state index contributed by atoms with van der Waals surface area (Å²) in [4.78, 5) is 0. The maximum atomic E-state index is 10.1. The van der Waals surface area contributed by atoms with Crippen LogP contribution in [0.3, 0.4) is 0 Å². The van der Waals surface area contributed by atoms with Gasteiger partial charge in [-0.3, -0.25) is 0 Å². The van der Waals surface area contributed by atoms with E-state index in [9.17, 15) is 10.2 Å². The van der Waals surface area contributed by atoms with Crippen molar-refractivity contribution in [1.29, 1.82) is 0 Å². The first-order chi connectivity index (χ1) is 7.43. The molecule has 94 valence electrons. The van der Waals surface area contributed by atoms with Crippen LogP contribution in [0.4, 0.5) is 0 Å². The van der Waals surface area contributed by atoms with E-state index < -0.39 is 11.7 Å². The van der Waals surface area contributed by atoms with Gasteiger partial charge in [-0.25, -0.2) is 0 Å². The van der Waals surface area contributed by atoms with Gasteiger partial charge in [0.05, 0.1) is 17.3 Å². The molecule has 0 radical (unpaired) electrons. The lowest BCUT2D eigenvalue weighted by molar-refractivity contribution is -0.146. The third-order valence-electron chi connectivity index (χ3n) is 4.22. The van der Waals surface area contributed by atoms with Crippen molar-refractivity contribution in [2.45, 2.75) is 69.7 Å². The Kier molecular flexibility index (Phi) is 3.30. The summed E-state index contributed by atoms with van der Waals surface area (Å²) in [5.41, 5.74) is -0.975. The van der Waals surface area contributed by atoms with Crippen LogP contribution in [0.2, 0.25) is 0 Å². The second-order valence-electron chi connectivity index (χ2n) is 6.09. The quantitative estimate of drug-likeness (QED) is 0.758. The lowest BCUT2D eigenvalue weighted by atomic mass is 9.77. The highest BCUT2D eigenvalue weighted by Gasteiger charge is 2.44. The topological polar surface area (TPSA) is 49.7 Å². The van der Waals surface area contributed by atoms with Gasteiger partial charge in [0.1, 0.15) is 0 Å². The molecule has 3 heteroatoms. The highest BCUT2D eigenvalue weighted by Crippen LogP contribution is 2.43. The first kappa shape index (κ1) is 12.3. The standard InChI is InChI=1S/C13H24O3/c1-12(2,15)11(14)10-5-8-16-13(9-10)6-3-4-7-13/h10-11,14-15H,3-9H2,1-2H3. The predicted molar refractivity (Wildman–Crippen MR) is 62.2 cm³/mol. The van der Waals surface area contributed by atoms with Crippen LogP contribution in [0.25, 0.3) is 0 Å². The molecule has 2 fully saturated rings. The van der Waals surface area contributed by atoms with E-state index in [4.69, 9.17) is 4.74 Å². The summed E-state index contributed by atoms with van der Waals surface area (Å²) in [5.74, 6) is 0.187. The van der Waals surface area contributed by atoms with Crippen molar-refractivity contribution in [3.8, 4) is 0 Å². The van der Waals surface area contributed by atoms with Gasteiger partial charge in [0.2, 0.25) is 0 Å². The molecule has 1 aliphatic heterocycles. The van der Waals surface area contributed by atoms with Crippen molar-refractivity contribution in [3.05, 3.63) is 0 Å². The zero-order valence-electron chi connectivity index (χ0n) is 10.4. The fourth-order valence-electron chi connectivity index (χ4n) is 3.28. The summed E-state index contributed by atoms with van der Waals surface area (Å²) in [6.07, 6.45) is 5.89. The van der Waals surface area contributed by atoms with E-state index in [0.717, 1.165) is 32.3 Å². The maximum absolute atomic E-state index is 10.1. The van der Waals surface area contributed by atoms with E-state index in [1.165, 1.54) is 12.8 Å². The van der Waals surface area contributed by atoms with Crippen molar-refractivity contribution < 1.29 is 14.9 Å². The molecule has 1 heterocycles. The fourth-order valence-corrected chi connectivity index (χ4v) is 3.28. The van der Waals surface area contributed by atoms with Gasteiger partial charge < -0.3 is 14.9 Å². The van der Waals surface area contributed by atoms with Crippen molar-refractivity contribution >= 4 is 0 Å². The van der Waals surface area contributed by atoms with Crippen LogP contribution in [-0.4, -0.2) is 34.1 Å². The van der Waals surface area contributed by atoms with Crippen LogP contribution in [0.1, 0.15) is 52.4 Å². The van der Waals surface area contributed by atoms with Gasteiger partial charge in [-0.05, 0) is 45.4 Å². The van der Waals surface area contributed by atoms with Crippen molar-refractivity contribution in [2.24, 2.45) is 5.92 Å². The Bertz CT molecular complexity index is 238. The first-order valence-electron chi connectivity index (χ1n) is 6.47. The molecule has 1 spiro atoms. The molecule has 2 N–H and O–H groups in total. The summed E-state index contributed by atoms with van der Waals surface area (Å²) in [5, 5.41) is 20.0. The molecule has 2 unspecified atom stereocenters. The van der Waals surface area contributed by atoms with E-state index in [-0.39, 0.29) is 11.5 Å². The molecular formula is C13H24O3. The average molecular weight is 228 g/mol. The van der Waals surface area contributed by atoms with Crippen LogP contribution < -0.4 is 0 Å². The molecule has 2 rings (SSSR count). The number of ether oxygens (including phenoxy) is 1. The van der Waals surface area contributed by atoms with Gasteiger partial charge in [-0.2, -0.15) is 0 Å². The summed E-state index contributed by atoms with van der Waals surface area (Å²) < 4.78 is 5.93. The van der Waals surface area contributed by atoms with Gasteiger partial charge in [0.25, 0.3) is 0 Å². The van der Waals surface area contributed by atoms with E-state index in [0.29, 0.717) is 0 Å². The summed E-state index contributed by atoms with van der Waals surface area (Å²) >= 11 is 0. The number of hydrogen-bond donors (Lipinski definition) is 2. The summed E-state index contributed by atoms with van der Waals surface area (Å²) in [6.45, 7) is 4.11. The molecular weight excluding hydrogens is 204 g/mol. The molecule has 0 aromatic carbocycles. The molecule has 1 aliphatic carbocycles. The molecule has 0 amide bonds. The number of aliphatic hydroxyl groups is 2. The lowest BCUT2D eigenvalue weighted by Crippen LogP contribution is -2.48. The highest BCUT2D eigenvalue weighted by atomic mass is 16.5. The largest absolute Gasteiger partial charge is 0.390 e.